The van der Waals surface area contributed by atoms with E-state index in [1.165, 1.54) is 0 Å². The monoisotopic (exact) mass is 459 g/mol. The number of hydrogen-bond donors (Lipinski definition) is 3. The standard InChI is InChI=1S/C22H29N5O4S/c1-3-4-10-17(24-22(29)19-13-14-8-5-6-12-18(14)27(19)2)21(28)23-16-11-7-9-15(16)20-25-31-32(30)26-20/h5-6,8,12-13,15-17H,3-4,7,9-11H2,1-2H3,(H,23,28)(H,24,29)(H,25,26)/t15-,16+,17+,32?/m1/s1. The van der Waals surface area contributed by atoms with E-state index in [2.05, 4.69) is 27.4 Å². The minimum atomic E-state index is -1.72. The molecule has 0 saturated heterocycles. The lowest BCUT2D eigenvalue weighted by atomic mass is 10.0. The molecule has 1 fully saturated rings. The first-order valence-electron chi connectivity index (χ1n) is 11.1. The number of aromatic nitrogens is 1. The number of carbonyl (C=O) groups is 2. The van der Waals surface area contributed by atoms with Crippen LogP contribution in [-0.2, 0) is 27.4 Å². The topological polar surface area (TPSA) is 114 Å². The van der Waals surface area contributed by atoms with Gasteiger partial charge in [0.05, 0.1) is 0 Å². The van der Waals surface area contributed by atoms with Crippen LogP contribution in [0.5, 0.6) is 0 Å². The molecule has 2 amide bonds. The third-order valence-electron chi connectivity index (χ3n) is 6.24. The Morgan fingerprint density at radius 2 is 2.16 bits per heavy atom. The molecule has 0 radical (unpaired) electrons. The molecule has 9 nitrogen and oxygen atoms in total. The fourth-order valence-corrected chi connectivity index (χ4v) is 5.03. The normalized spacial score (nSPS) is 23.6. The van der Waals surface area contributed by atoms with Gasteiger partial charge in [-0.05, 0) is 31.4 Å². The average Bonchev–Trinajstić information content (AvgIpc) is 3.50. The minimum Gasteiger partial charge on any atom is -0.351 e. The van der Waals surface area contributed by atoms with Crippen molar-refractivity contribution < 1.29 is 18.1 Å². The van der Waals surface area contributed by atoms with Crippen molar-refractivity contribution in [2.24, 2.45) is 17.4 Å². The lowest BCUT2D eigenvalue weighted by Crippen LogP contribution is -2.51. The van der Waals surface area contributed by atoms with Crippen molar-refractivity contribution in [1.82, 2.24) is 20.7 Å². The maximum atomic E-state index is 13.2. The zero-order chi connectivity index (χ0) is 22.7. The van der Waals surface area contributed by atoms with Crippen molar-refractivity contribution in [2.45, 2.75) is 57.5 Å². The molecule has 32 heavy (non-hydrogen) atoms. The Morgan fingerprint density at radius 3 is 2.88 bits per heavy atom. The van der Waals surface area contributed by atoms with E-state index in [0.29, 0.717) is 18.0 Å². The summed E-state index contributed by atoms with van der Waals surface area (Å²) in [6, 6.07) is 8.86. The Labute approximate surface area is 189 Å². The fraction of sp³-hybridized carbons (Fsp3) is 0.500. The summed E-state index contributed by atoms with van der Waals surface area (Å²) in [7, 11) is 1.85. The van der Waals surface area contributed by atoms with E-state index in [9.17, 15) is 13.8 Å². The van der Waals surface area contributed by atoms with Crippen LogP contribution in [0.25, 0.3) is 10.9 Å². The van der Waals surface area contributed by atoms with Crippen molar-refractivity contribution in [3.63, 3.8) is 0 Å². The Morgan fingerprint density at radius 1 is 1.34 bits per heavy atom. The van der Waals surface area contributed by atoms with E-state index >= 15 is 0 Å². The van der Waals surface area contributed by atoms with Gasteiger partial charge in [-0.2, -0.15) is 4.28 Å². The molecule has 2 heterocycles. The summed E-state index contributed by atoms with van der Waals surface area (Å²) >= 11 is -1.72. The van der Waals surface area contributed by atoms with Gasteiger partial charge in [0.2, 0.25) is 5.91 Å². The Bertz CT molecular complexity index is 1070. The van der Waals surface area contributed by atoms with Crippen molar-refractivity contribution >= 4 is 39.8 Å². The number of unbranched alkanes of at least 4 members (excludes halogenated alkanes) is 1. The molecule has 1 saturated carbocycles. The Hall–Kier alpha value is -2.72. The summed E-state index contributed by atoms with van der Waals surface area (Å²) in [4.78, 5) is 26.2. The van der Waals surface area contributed by atoms with Gasteiger partial charge in [-0.25, -0.2) is 9.69 Å². The van der Waals surface area contributed by atoms with Gasteiger partial charge in [0.15, 0.2) is 0 Å². The van der Waals surface area contributed by atoms with Crippen LogP contribution in [0.3, 0.4) is 0 Å². The quantitative estimate of drug-likeness (QED) is 0.560. The molecule has 1 aliphatic heterocycles. The number of amides is 2. The fourth-order valence-electron chi connectivity index (χ4n) is 4.50. The maximum Gasteiger partial charge on any atom is 0.309 e. The number of hydrogen-bond acceptors (Lipinski definition) is 5. The minimum absolute atomic E-state index is 0.0777. The number of carbonyl (C=O) groups excluding carboxylic acids is 2. The molecule has 4 rings (SSSR count). The Kier molecular flexibility index (Phi) is 6.90. The number of benzene rings is 1. The van der Waals surface area contributed by atoms with E-state index in [4.69, 9.17) is 4.28 Å². The van der Waals surface area contributed by atoms with Crippen LogP contribution in [0.2, 0.25) is 0 Å². The van der Waals surface area contributed by atoms with Crippen LogP contribution in [0.15, 0.2) is 34.7 Å². The highest BCUT2D eigenvalue weighted by atomic mass is 32.2. The molecule has 172 valence electrons. The number of aryl methyl sites for hydroxylation is 1. The van der Waals surface area contributed by atoms with Crippen molar-refractivity contribution in [1.29, 1.82) is 0 Å². The zero-order valence-electron chi connectivity index (χ0n) is 18.3. The van der Waals surface area contributed by atoms with Crippen LogP contribution < -0.4 is 16.1 Å². The van der Waals surface area contributed by atoms with E-state index in [0.717, 1.165) is 43.0 Å². The van der Waals surface area contributed by atoms with Crippen molar-refractivity contribution in [3.05, 3.63) is 36.0 Å². The molecule has 4 atom stereocenters. The predicted molar refractivity (Wildman–Crippen MR) is 123 cm³/mol. The average molecular weight is 460 g/mol. The SMILES string of the molecule is CCCC[C@H](NC(=O)c1cc2ccccc2n1C)C(=O)N[C@H]1CCC[C@H]1C1=NS(=O)ON1. The molecule has 3 N–H and O–H groups in total. The number of nitrogens with zero attached hydrogens (tertiary/aromatic N) is 2. The first-order valence-corrected chi connectivity index (χ1v) is 12.1. The largest absolute Gasteiger partial charge is 0.351 e. The summed E-state index contributed by atoms with van der Waals surface area (Å²) in [6.45, 7) is 2.05. The van der Waals surface area contributed by atoms with Crippen LogP contribution in [0, 0.1) is 5.92 Å². The molecule has 0 bridgehead atoms. The third-order valence-corrected chi connectivity index (χ3v) is 6.81. The molecular weight excluding hydrogens is 430 g/mol. The molecule has 1 unspecified atom stereocenters. The first kappa shape index (κ1) is 22.5. The van der Waals surface area contributed by atoms with E-state index in [-0.39, 0.29) is 23.8 Å². The second kappa shape index (κ2) is 9.83. The van der Waals surface area contributed by atoms with Crippen molar-refractivity contribution in [3.8, 4) is 0 Å². The summed E-state index contributed by atoms with van der Waals surface area (Å²) in [5.74, 6) is -0.0430. The lowest BCUT2D eigenvalue weighted by molar-refractivity contribution is -0.124. The number of para-hydroxylation sites is 1. The van der Waals surface area contributed by atoms with Gasteiger partial charge >= 0.3 is 11.3 Å². The summed E-state index contributed by atoms with van der Waals surface area (Å²) < 4.78 is 22.0. The van der Waals surface area contributed by atoms with Crippen LogP contribution in [0.4, 0.5) is 0 Å². The second-order valence-corrected chi connectivity index (χ2v) is 9.13. The summed E-state index contributed by atoms with van der Waals surface area (Å²) in [6.07, 6.45) is 4.83. The van der Waals surface area contributed by atoms with Crippen LogP contribution in [0.1, 0.15) is 55.9 Å². The number of fused-ring (bicyclic) bond motifs is 1. The number of nitrogens with one attached hydrogen (secondary N) is 3. The molecule has 1 aliphatic carbocycles. The van der Waals surface area contributed by atoms with Gasteiger partial charge in [0, 0.05) is 29.9 Å². The predicted octanol–water partition coefficient (Wildman–Crippen LogP) is 2.26. The number of amidine groups is 1. The van der Waals surface area contributed by atoms with E-state index in [1.807, 2.05) is 41.9 Å². The highest BCUT2D eigenvalue weighted by molar-refractivity contribution is 7.79. The summed E-state index contributed by atoms with van der Waals surface area (Å²) in [5, 5.41) is 7.02. The van der Waals surface area contributed by atoms with Crippen LogP contribution in [-0.4, -0.2) is 38.5 Å². The van der Waals surface area contributed by atoms with E-state index < -0.39 is 17.3 Å². The van der Waals surface area contributed by atoms with Crippen LogP contribution >= 0.6 is 0 Å². The van der Waals surface area contributed by atoms with Gasteiger partial charge in [0.25, 0.3) is 5.91 Å². The molecular formula is C22H29N5O4S. The smallest absolute Gasteiger partial charge is 0.309 e. The number of hydroxylamine groups is 1. The highest BCUT2D eigenvalue weighted by Gasteiger charge is 2.36. The van der Waals surface area contributed by atoms with Gasteiger partial charge < -0.3 is 15.2 Å². The van der Waals surface area contributed by atoms with Gasteiger partial charge in [-0.15, -0.1) is 4.40 Å². The molecule has 2 aliphatic rings. The van der Waals surface area contributed by atoms with Crippen molar-refractivity contribution in [2.75, 3.05) is 0 Å². The molecule has 1 aromatic carbocycles. The van der Waals surface area contributed by atoms with Gasteiger partial charge in [0.1, 0.15) is 17.6 Å². The molecule has 0 spiro atoms. The summed E-state index contributed by atoms with van der Waals surface area (Å²) in [5.41, 5.74) is 4.09. The Balaban J connectivity index is 1.47. The third kappa shape index (κ3) is 4.71. The van der Waals surface area contributed by atoms with Gasteiger partial charge in [-0.1, -0.05) is 44.4 Å². The number of rotatable bonds is 8. The zero-order valence-corrected chi connectivity index (χ0v) is 19.1. The van der Waals surface area contributed by atoms with Gasteiger partial charge in [-0.3, -0.25) is 9.59 Å². The lowest BCUT2D eigenvalue weighted by Gasteiger charge is -2.24. The maximum absolute atomic E-state index is 13.2. The first-order chi connectivity index (χ1) is 15.5. The molecule has 1 aromatic heterocycles. The highest BCUT2D eigenvalue weighted by Crippen LogP contribution is 2.28. The molecule has 10 heteroatoms. The molecule has 2 aromatic rings. The van der Waals surface area contributed by atoms with E-state index in [1.54, 1.807) is 0 Å². The second-order valence-electron chi connectivity index (χ2n) is 8.35.